The largest absolute Gasteiger partial charge is 0.296 e. The molecule has 1 aliphatic heterocycles. The third-order valence-corrected chi connectivity index (χ3v) is 5.29. The topological polar surface area (TPSA) is 3.24 Å². The molecule has 22 heavy (non-hydrogen) atoms. The number of rotatable bonds is 10. The lowest BCUT2D eigenvalue weighted by molar-refractivity contribution is 0.161. The number of hydrogen-bond donors (Lipinski definition) is 0. The fraction of sp³-hybridized carbons (Fsp3) is 0.714. The average molecular weight is 302 g/mol. The highest BCUT2D eigenvalue weighted by Crippen LogP contribution is 2.23. The van der Waals surface area contributed by atoms with Crippen LogP contribution in [0.1, 0.15) is 82.8 Å². The first kappa shape index (κ1) is 17.5. The first-order valence-corrected chi connectivity index (χ1v) is 9.66. The second-order valence-corrected chi connectivity index (χ2v) is 6.96. The summed E-state index contributed by atoms with van der Waals surface area (Å²) in [6.45, 7) is 7.09. The normalized spacial score (nSPS) is 16.5. The maximum absolute atomic E-state index is 2.74. The van der Waals surface area contributed by atoms with Crippen LogP contribution in [0.4, 0.5) is 0 Å². The quantitative estimate of drug-likeness (QED) is 0.482. The number of nitrogens with zero attached hydrogens (tertiary/aromatic N) is 1. The number of hydrogen-bond acceptors (Lipinski definition) is 1. The van der Waals surface area contributed by atoms with Crippen LogP contribution in [0.3, 0.4) is 0 Å². The highest BCUT2D eigenvalue weighted by Gasteiger charge is 2.21. The van der Waals surface area contributed by atoms with E-state index in [1.807, 2.05) is 0 Å². The molecule has 1 aromatic carbocycles. The fourth-order valence-electron chi connectivity index (χ4n) is 3.81. The van der Waals surface area contributed by atoms with Crippen LogP contribution in [0.5, 0.6) is 0 Å². The third kappa shape index (κ3) is 5.43. The van der Waals surface area contributed by atoms with E-state index >= 15 is 0 Å². The summed E-state index contributed by atoms with van der Waals surface area (Å²) in [7, 11) is 0. The molecule has 0 saturated carbocycles. The zero-order chi connectivity index (χ0) is 15.6. The van der Waals surface area contributed by atoms with Gasteiger partial charge in [0.2, 0.25) is 0 Å². The molecule has 1 aliphatic rings. The number of benzene rings is 1. The van der Waals surface area contributed by atoms with Gasteiger partial charge in [-0.1, -0.05) is 83.1 Å². The minimum Gasteiger partial charge on any atom is -0.296 e. The van der Waals surface area contributed by atoms with Crippen molar-refractivity contribution < 1.29 is 0 Å². The van der Waals surface area contributed by atoms with E-state index in [-0.39, 0.29) is 0 Å². The smallest absolute Gasteiger partial charge is 0.0239 e. The molecular formula is C21H35N. The van der Waals surface area contributed by atoms with Gasteiger partial charge in [-0.05, 0) is 30.4 Å². The van der Waals surface area contributed by atoms with Crippen molar-refractivity contribution in [2.24, 2.45) is 0 Å². The summed E-state index contributed by atoms with van der Waals surface area (Å²) >= 11 is 0. The molecule has 0 aromatic heterocycles. The minimum absolute atomic E-state index is 0.795. The van der Waals surface area contributed by atoms with Crippen molar-refractivity contribution in [1.29, 1.82) is 0 Å². The highest BCUT2D eigenvalue weighted by molar-refractivity contribution is 5.29. The third-order valence-electron chi connectivity index (χ3n) is 5.29. The van der Waals surface area contributed by atoms with Crippen LogP contribution < -0.4 is 0 Å². The van der Waals surface area contributed by atoms with Crippen LogP contribution in [-0.2, 0) is 13.0 Å². The lowest BCUT2D eigenvalue weighted by Crippen LogP contribution is -2.38. The van der Waals surface area contributed by atoms with Crippen LogP contribution in [-0.4, -0.2) is 17.5 Å². The Hall–Kier alpha value is -0.820. The van der Waals surface area contributed by atoms with Crippen LogP contribution in [0.2, 0.25) is 0 Å². The van der Waals surface area contributed by atoms with E-state index in [1.54, 1.807) is 11.1 Å². The Kier molecular flexibility index (Phi) is 8.01. The Balaban J connectivity index is 1.69. The molecule has 1 atom stereocenters. The van der Waals surface area contributed by atoms with Gasteiger partial charge in [-0.25, -0.2) is 0 Å². The van der Waals surface area contributed by atoms with Gasteiger partial charge in [-0.15, -0.1) is 0 Å². The molecule has 1 nitrogen and oxygen atoms in total. The molecular weight excluding hydrogens is 266 g/mol. The first-order chi connectivity index (χ1) is 10.8. The predicted octanol–water partition coefficient (Wildman–Crippen LogP) is 5.96. The summed E-state index contributed by atoms with van der Waals surface area (Å²) < 4.78 is 0. The second kappa shape index (κ2) is 10.0. The monoisotopic (exact) mass is 301 g/mol. The van der Waals surface area contributed by atoms with Gasteiger partial charge in [0.1, 0.15) is 0 Å². The molecule has 0 bridgehead atoms. The molecule has 1 heterocycles. The Labute approximate surface area is 138 Å². The van der Waals surface area contributed by atoms with Crippen molar-refractivity contribution in [2.45, 2.75) is 90.6 Å². The minimum atomic E-state index is 0.795. The molecule has 0 fully saturated rings. The first-order valence-electron chi connectivity index (χ1n) is 9.66. The van der Waals surface area contributed by atoms with E-state index in [2.05, 4.69) is 43.0 Å². The summed E-state index contributed by atoms with van der Waals surface area (Å²) in [5, 5.41) is 0. The van der Waals surface area contributed by atoms with Crippen molar-refractivity contribution >= 4 is 0 Å². The van der Waals surface area contributed by atoms with Crippen LogP contribution >= 0.6 is 0 Å². The molecule has 0 spiro atoms. The van der Waals surface area contributed by atoms with E-state index in [9.17, 15) is 0 Å². The Bertz CT molecular complexity index is 412. The molecule has 0 radical (unpaired) electrons. The zero-order valence-corrected chi connectivity index (χ0v) is 14.8. The van der Waals surface area contributed by atoms with E-state index in [0.29, 0.717) is 0 Å². The predicted molar refractivity (Wildman–Crippen MR) is 97.2 cm³/mol. The van der Waals surface area contributed by atoms with Gasteiger partial charge in [0.05, 0.1) is 0 Å². The summed E-state index contributed by atoms with van der Waals surface area (Å²) in [4.78, 5) is 2.74. The molecule has 1 unspecified atom stereocenters. The van der Waals surface area contributed by atoms with Crippen molar-refractivity contribution in [3.05, 3.63) is 35.4 Å². The van der Waals surface area contributed by atoms with E-state index < -0.39 is 0 Å². The maximum atomic E-state index is 2.74. The van der Waals surface area contributed by atoms with E-state index in [1.165, 1.54) is 77.3 Å². The van der Waals surface area contributed by atoms with Crippen LogP contribution in [0, 0.1) is 0 Å². The SMILES string of the molecule is CCCCCCCCCC(CC)N1CCc2ccccc2C1. The summed E-state index contributed by atoms with van der Waals surface area (Å²) in [5.41, 5.74) is 3.14. The Morgan fingerprint density at radius 2 is 1.59 bits per heavy atom. The lowest BCUT2D eigenvalue weighted by atomic mass is 9.96. The lowest BCUT2D eigenvalue weighted by Gasteiger charge is -2.35. The average Bonchev–Trinajstić information content (AvgIpc) is 2.57. The highest BCUT2D eigenvalue weighted by atomic mass is 15.2. The van der Waals surface area contributed by atoms with Crippen molar-refractivity contribution in [1.82, 2.24) is 4.90 Å². The molecule has 1 heteroatoms. The van der Waals surface area contributed by atoms with Gasteiger partial charge in [-0.2, -0.15) is 0 Å². The maximum Gasteiger partial charge on any atom is 0.0239 e. The van der Waals surface area contributed by atoms with Gasteiger partial charge in [0.15, 0.2) is 0 Å². The molecule has 2 rings (SSSR count). The van der Waals surface area contributed by atoms with Crippen molar-refractivity contribution in [2.75, 3.05) is 6.54 Å². The zero-order valence-electron chi connectivity index (χ0n) is 14.8. The molecule has 0 N–H and O–H groups in total. The fourth-order valence-corrected chi connectivity index (χ4v) is 3.81. The summed E-state index contributed by atoms with van der Waals surface area (Å²) in [5.74, 6) is 0. The summed E-state index contributed by atoms with van der Waals surface area (Å²) in [6.07, 6.45) is 13.9. The summed E-state index contributed by atoms with van der Waals surface area (Å²) in [6, 6.07) is 9.81. The molecule has 0 saturated heterocycles. The van der Waals surface area contributed by atoms with Gasteiger partial charge in [-0.3, -0.25) is 4.90 Å². The Morgan fingerprint density at radius 3 is 2.32 bits per heavy atom. The van der Waals surface area contributed by atoms with Gasteiger partial charge in [0.25, 0.3) is 0 Å². The number of unbranched alkanes of at least 4 members (excludes halogenated alkanes) is 6. The van der Waals surface area contributed by atoms with Gasteiger partial charge in [0, 0.05) is 19.1 Å². The molecule has 124 valence electrons. The van der Waals surface area contributed by atoms with Crippen LogP contribution in [0.25, 0.3) is 0 Å². The van der Waals surface area contributed by atoms with Crippen LogP contribution in [0.15, 0.2) is 24.3 Å². The standard InChI is InChI=1S/C21H35N/c1-3-5-6-7-8-9-10-15-21(4-2)22-17-16-19-13-11-12-14-20(19)18-22/h11-14,21H,3-10,15-18H2,1-2H3. The molecule has 1 aromatic rings. The van der Waals surface area contributed by atoms with E-state index in [0.717, 1.165) is 6.04 Å². The van der Waals surface area contributed by atoms with Crippen molar-refractivity contribution in [3.8, 4) is 0 Å². The Morgan fingerprint density at radius 1 is 0.909 bits per heavy atom. The molecule has 0 amide bonds. The molecule has 0 aliphatic carbocycles. The van der Waals surface area contributed by atoms with E-state index in [4.69, 9.17) is 0 Å². The van der Waals surface area contributed by atoms with Crippen molar-refractivity contribution in [3.63, 3.8) is 0 Å². The van der Waals surface area contributed by atoms with Gasteiger partial charge < -0.3 is 0 Å². The van der Waals surface area contributed by atoms with Gasteiger partial charge >= 0.3 is 0 Å². The number of fused-ring (bicyclic) bond motifs is 1. The second-order valence-electron chi connectivity index (χ2n) is 6.96.